The summed E-state index contributed by atoms with van der Waals surface area (Å²) in [5, 5.41) is 12.2. The third kappa shape index (κ3) is 6.56. The van der Waals surface area contributed by atoms with Crippen molar-refractivity contribution in [3.63, 3.8) is 0 Å². The Labute approximate surface area is 294 Å². The maximum atomic E-state index is 13.8. The number of rotatable bonds is 9. The molecule has 1 aliphatic heterocycles. The molecule has 6 rings (SSSR count). The van der Waals surface area contributed by atoms with Crippen molar-refractivity contribution >= 4 is 27.7 Å². The van der Waals surface area contributed by atoms with Gasteiger partial charge >= 0.3 is 0 Å². The third-order valence-electron chi connectivity index (χ3n) is 9.81. The number of hydrogen-bond acceptors (Lipinski definition) is 8. The van der Waals surface area contributed by atoms with E-state index in [9.17, 15) is 18.7 Å². The normalized spacial score (nSPS) is 17.4. The van der Waals surface area contributed by atoms with Crippen LogP contribution in [0.3, 0.4) is 0 Å². The largest absolute Gasteiger partial charge is 0.487 e. The van der Waals surface area contributed by atoms with E-state index in [2.05, 4.69) is 39.9 Å². The second-order valence-corrected chi connectivity index (χ2v) is 15.6. The Bertz CT molecular complexity index is 2120. The van der Waals surface area contributed by atoms with E-state index in [-0.39, 0.29) is 30.0 Å². The molecule has 0 saturated heterocycles. The number of amides is 1. The molecule has 0 bridgehead atoms. The van der Waals surface area contributed by atoms with Crippen molar-refractivity contribution in [3.05, 3.63) is 117 Å². The fourth-order valence-corrected chi connectivity index (χ4v) is 8.56. The van der Waals surface area contributed by atoms with E-state index in [0.29, 0.717) is 35.7 Å². The minimum Gasteiger partial charge on any atom is -0.487 e. The minimum absolute atomic E-state index is 0.198. The van der Waals surface area contributed by atoms with Gasteiger partial charge in [0.2, 0.25) is 5.56 Å². The molecule has 5 aromatic rings. The van der Waals surface area contributed by atoms with E-state index >= 15 is 0 Å². The highest BCUT2D eigenvalue weighted by Crippen LogP contribution is 2.57. The van der Waals surface area contributed by atoms with Gasteiger partial charge in [-0.2, -0.15) is 4.31 Å². The lowest BCUT2D eigenvalue weighted by atomic mass is 9.74. The first-order chi connectivity index (χ1) is 23.7. The fraction of sp³-hybridized carbons (Fsp3) is 0.368. The Morgan fingerprint density at radius 1 is 1.08 bits per heavy atom. The Morgan fingerprint density at radius 3 is 2.56 bits per heavy atom. The SMILES string of the molecule is CC[C@@H]1CN(Cc2cc([C@@H](c3ccc4c(nnn4CC)c3C)C(C)(C)NC(=O)c3ccc(=O)n(C)c3)ccc2C)S(O)(O)c2ccccc2O1. The van der Waals surface area contributed by atoms with Gasteiger partial charge in [0.15, 0.2) is 0 Å². The van der Waals surface area contributed by atoms with Crippen LogP contribution < -0.4 is 15.6 Å². The predicted octanol–water partition coefficient (Wildman–Crippen LogP) is 6.80. The number of hydrogen-bond donors (Lipinski definition) is 3. The van der Waals surface area contributed by atoms with Gasteiger partial charge in [-0.05, 0) is 93.1 Å². The van der Waals surface area contributed by atoms with Gasteiger partial charge in [-0.15, -0.1) is 15.9 Å². The molecule has 3 N–H and O–H groups in total. The van der Waals surface area contributed by atoms with E-state index in [1.54, 1.807) is 29.6 Å². The molecule has 0 fully saturated rings. The summed E-state index contributed by atoms with van der Waals surface area (Å²) in [7, 11) is -1.74. The first-order valence-electron chi connectivity index (χ1n) is 17.0. The Hall–Kier alpha value is -4.49. The zero-order valence-electron chi connectivity index (χ0n) is 29.7. The van der Waals surface area contributed by atoms with Crippen molar-refractivity contribution in [1.82, 2.24) is 29.2 Å². The van der Waals surface area contributed by atoms with Crippen molar-refractivity contribution < 1.29 is 18.6 Å². The van der Waals surface area contributed by atoms with Crippen LogP contribution in [0.5, 0.6) is 5.75 Å². The predicted molar refractivity (Wildman–Crippen MR) is 197 cm³/mol. The highest BCUT2D eigenvalue weighted by Gasteiger charge is 2.38. The van der Waals surface area contributed by atoms with Crippen molar-refractivity contribution in [3.8, 4) is 5.75 Å². The molecule has 0 aliphatic carbocycles. The molecule has 2 atom stereocenters. The van der Waals surface area contributed by atoms with Gasteiger partial charge in [-0.1, -0.05) is 48.5 Å². The van der Waals surface area contributed by atoms with Gasteiger partial charge in [0.05, 0.1) is 17.6 Å². The molecule has 1 amide bonds. The van der Waals surface area contributed by atoms with E-state index < -0.39 is 16.3 Å². The lowest BCUT2D eigenvalue weighted by molar-refractivity contribution is 0.0905. The maximum absolute atomic E-state index is 13.8. The number of fused-ring (bicyclic) bond motifs is 2. The van der Waals surface area contributed by atoms with E-state index in [0.717, 1.165) is 38.9 Å². The first-order valence-corrected chi connectivity index (χ1v) is 18.5. The molecule has 50 heavy (non-hydrogen) atoms. The zero-order chi connectivity index (χ0) is 36.0. The number of carbonyl (C=O) groups is 1. The molecular formula is C38H46N6O5S. The van der Waals surface area contributed by atoms with Crippen LogP contribution in [0.1, 0.15) is 78.2 Å². The number of aromatic nitrogens is 4. The summed E-state index contributed by atoms with van der Waals surface area (Å²) in [5.41, 5.74) is 5.87. The molecular weight excluding hydrogens is 653 g/mol. The number of pyridine rings is 1. The van der Waals surface area contributed by atoms with Crippen LogP contribution in [0.15, 0.2) is 82.6 Å². The molecule has 1 aliphatic rings. The third-order valence-corrected chi connectivity index (χ3v) is 11.7. The van der Waals surface area contributed by atoms with Crippen LogP contribution in [-0.2, 0) is 20.1 Å². The van der Waals surface area contributed by atoms with Gasteiger partial charge in [0.25, 0.3) is 5.91 Å². The number of para-hydroxylation sites is 1. The molecule has 3 heterocycles. The Balaban J connectivity index is 1.45. The summed E-state index contributed by atoms with van der Waals surface area (Å²) in [5.74, 6) is -0.165. The number of nitrogens with one attached hydrogen (secondary N) is 1. The van der Waals surface area contributed by atoms with E-state index in [4.69, 9.17) is 4.74 Å². The van der Waals surface area contributed by atoms with E-state index in [1.807, 2.05) is 58.4 Å². The summed E-state index contributed by atoms with van der Waals surface area (Å²) in [4.78, 5) is 26.2. The topological polar surface area (TPSA) is 135 Å². The fourth-order valence-electron chi connectivity index (χ4n) is 6.94. The van der Waals surface area contributed by atoms with Crippen molar-refractivity contribution in [2.45, 2.75) is 83.5 Å². The summed E-state index contributed by atoms with van der Waals surface area (Å²) in [6.07, 6.45) is 2.02. The zero-order valence-corrected chi connectivity index (χ0v) is 30.5. The number of nitrogens with zero attached hydrogens (tertiary/aromatic N) is 5. The lowest BCUT2D eigenvalue weighted by Crippen LogP contribution is -2.48. The smallest absolute Gasteiger partial charge is 0.253 e. The number of ether oxygens (including phenoxy) is 1. The van der Waals surface area contributed by atoms with Crippen LogP contribution >= 0.6 is 10.8 Å². The van der Waals surface area contributed by atoms with Crippen LogP contribution in [-0.4, -0.2) is 57.1 Å². The van der Waals surface area contributed by atoms with Crippen LogP contribution in [0.2, 0.25) is 0 Å². The highest BCUT2D eigenvalue weighted by atomic mass is 32.3. The van der Waals surface area contributed by atoms with Gasteiger partial charge in [0.1, 0.15) is 22.3 Å². The minimum atomic E-state index is -3.37. The summed E-state index contributed by atoms with van der Waals surface area (Å²) in [6, 6.07) is 20.4. The Kier molecular flexibility index (Phi) is 9.66. The standard InChI is InChI=1S/C38H46N6O5S/c1-8-29-23-43(50(47,48)33-13-11-10-12-32(33)49-29)22-28-20-26(15-14-24(28)3)35(30-17-18-31-36(25(30)4)40-41-44(31)9-2)38(5,6)39-37(46)27-16-19-34(45)42(7)21-27/h10-21,29,35,47-48H,8-9,22-23H2,1-7H3,(H,39,46)/t29-,35+/m1/s1. The molecule has 2 aromatic heterocycles. The molecule has 0 unspecified atom stereocenters. The van der Waals surface area contributed by atoms with Crippen molar-refractivity contribution in [1.29, 1.82) is 0 Å². The molecule has 0 radical (unpaired) electrons. The summed E-state index contributed by atoms with van der Waals surface area (Å²) >= 11 is 0. The quantitative estimate of drug-likeness (QED) is 0.153. The summed E-state index contributed by atoms with van der Waals surface area (Å²) in [6.45, 7) is 13.4. The van der Waals surface area contributed by atoms with Crippen molar-refractivity contribution in [2.24, 2.45) is 7.05 Å². The molecule has 264 valence electrons. The molecule has 0 saturated carbocycles. The van der Waals surface area contributed by atoms with Gasteiger partial charge < -0.3 is 14.6 Å². The average Bonchev–Trinajstić information content (AvgIpc) is 3.47. The molecule has 0 spiro atoms. The van der Waals surface area contributed by atoms with Crippen LogP contribution in [0.25, 0.3) is 11.0 Å². The van der Waals surface area contributed by atoms with E-state index in [1.165, 1.54) is 22.9 Å². The monoisotopic (exact) mass is 698 g/mol. The number of carbonyl (C=O) groups excluding carboxylic acids is 1. The first kappa shape index (κ1) is 35.3. The van der Waals surface area contributed by atoms with Gasteiger partial charge in [0, 0.05) is 43.9 Å². The Morgan fingerprint density at radius 2 is 1.84 bits per heavy atom. The van der Waals surface area contributed by atoms with Crippen LogP contribution in [0, 0.1) is 13.8 Å². The van der Waals surface area contributed by atoms with Gasteiger partial charge in [-0.3, -0.25) is 18.7 Å². The second-order valence-electron chi connectivity index (χ2n) is 13.7. The van der Waals surface area contributed by atoms with Gasteiger partial charge in [-0.25, -0.2) is 4.68 Å². The number of aryl methyl sites for hydroxylation is 4. The maximum Gasteiger partial charge on any atom is 0.253 e. The van der Waals surface area contributed by atoms with Crippen LogP contribution in [0.4, 0.5) is 0 Å². The lowest BCUT2D eigenvalue weighted by Gasteiger charge is -2.42. The highest BCUT2D eigenvalue weighted by molar-refractivity contribution is 8.22. The molecule has 12 heteroatoms. The summed E-state index contributed by atoms with van der Waals surface area (Å²) < 4.78 is 34.7. The molecule has 11 nitrogen and oxygen atoms in total. The number of benzene rings is 3. The average molecular weight is 699 g/mol. The second kappa shape index (κ2) is 13.7. The molecule has 3 aromatic carbocycles. The van der Waals surface area contributed by atoms with Crippen molar-refractivity contribution in [2.75, 3.05) is 6.54 Å².